The quantitative estimate of drug-likeness (QED) is 0.401. The number of hydrogen-bond donors (Lipinski definition) is 1. The third-order valence-electron chi connectivity index (χ3n) is 4.00. The molecule has 1 aromatic carbocycles. The van der Waals surface area contributed by atoms with Gasteiger partial charge in [0.1, 0.15) is 6.54 Å². The van der Waals surface area contributed by atoms with E-state index in [4.69, 9.17) is 4.74 Å². The van der Waals surface area contributed by atoms with E-state index >= 15 is 0 Å². The number of hydrogen-bond acceptors (Lipinski definition) is 3. The van der Waals surface area contributed by atoms with Crippen molar-refractivity contribution in [3.8, 4) is 0 Å². The number of carbonyl (C=O) groups is 1. The van der Waals surface area contributed by atoms with Crippen LogP contribution < -0.4 is 5.32 Å². The minimum absolute atomic E-state index is 0. The molecule has 25 heavy (non-hydrogen) atoms. The number of nitrogens with one attached hydrogen (secondary N) is 1. The third-order valence-corrected chi connectivity index (χ3v) is 4.00. The van der Waals surface area contributed by atoms with E-state index in [0.717, 1.165) is 32.0 Å². The second-order valence-electron chi connectivity index (χ2n) is 6.29. The number of amides is 1. The monoisotopic (exact) mass is 460 g/mol. The number of halogens is 1. The average molecular weight is 460 g/mol. The molecule has 0 aliphatic carbocycles. The molecule has 0 bridgehead atoms. The Balaban J connectivity index is 0.00000312. The van der Waals surface area contributed by atoms with Crippen LogP contribution in [0.3, 0.4) is 0 Å². The summed E-state index contributed by atoms with van der Waals surface area (Å²) in [5.74, 6) is 0.712. The van der Waals surface area contributed by atoms with Crippen molar-refractivity contribution in [3.63, 3.8) is 0 Å². The fraction of sp³-hybridized carbons (Fsp3) is 0.556. The summed E-state index contributed by atoms with van der Waals surface area (Å²) in [6.07, 6.45) is 2.40. The molecule has 0 saturated carbocycles. The Morgan fingerprint density at radius 1 is 1.28 bits per heavy atom. The number of benzene rings is 1. The van der Waals surface area contributed by atoms with Crippen LogP contribution in [0.4, 0.5) is 0 Å². The van der Waals surface area contributed by atoms with Gasteiger partial charge in [0, 0.05) is 40.8 Å². The highest BCUT2D eigenvalue weighted by molar-refractivity contribution is 14.0. The molecule has 1 aliphatic heterocycles. The summed E-state index contributed by atoms with van der Waals surface area (Å²) in [7, 11) is 5.46. The maximum Gasteiger partial charge on any atom is 0.243 e. The molecular formula is C18H29IN4O2. The first kappa shape index (κ1) is 21.7. The highest BCUT2D eigenvalue weighted by Gasteiger charge is 2.17. The fourth-order valence-corrected chi connectivity index (χ4v) is 2.54. The molecule has 1 heterocycles. The van der Waals surface area contributed by atoms with E-state index in [0.29, 0.717) is 6.54 Å². The zero-order valence-electron chi connectivity index (χ0n) is 15.3. The van der Waals surface area contributed by atoms with Gasteiger partial charge < -0.3 is 19.9 Å². The Morgan fingerprint density at radius 3 is 2.60 bits per heavy atom. The summed E-state index contributed by atoms with van der Waals surface area (Å²) in [5, 5.41) is 3.36. The molecule has 1 atom stereocenters. The van der Waals surface area contributed by atoms with Crippen LogP contribution in [0.15, 0.2) is 35.3 Å². The molecule has 1 unspecified atom stereocenters. The smallest absolute Gasteiger partial charge is 0.243 e. The second kappa shape index (κ2) is 11.3. The first-order chi connectivity index (χ1) is 11.6. The van der Waals surface area contributed by atoms with Crippen molar-refractivity contribution >= 4 is 35.8 Å². The van der Waals surface area contributed by atoms with Crippen molar-refractivity contribution in [2.75, 3.05) is 40.8 Å². The normalized spacial score (nSPS) is 16.9. The topological polar surface area (TPSA) is 57.2 Å². The van der Waals surface area contributed by atoms with Gasteiger partial charge in [-0.25, -0.2) is 4.99 Å². The summed E-state index contributed by atoms with van der Waals surface area (Å²) >= 11 is 0. The van der Waals surface area contributed by atoms with Crippen LogP contribution in [-0.2, 0) is 16.1 Å². The lowest BCUT2D eigenvalue weighted by molar-refractivity contribution is -0.127. The van der Waals surface area contributed by atoms with Crippen LogP contribution in [-0.4, -0.2) is 68.6 Å². The Bertz CT molecular complexity index is 545. The Labute approximate surface area is 167 Å². The van der Waals surface area contributed by atoms with Crippen LogP contribution in [0.25, 0.3) is 0 Å². The lowest BCUT2D eigenvalue weighted by Gasteiger charge is -2.24. The first-order valence-electron chi connectivity index (χ1n) is 8.41. The maximum absolute atomic E-state index is 11.8. The van der Waals surface area contributed by atoms with E-state index in [1.54, 1.807) is 19.0 Å². The van der Waals surface area contributed by atoms with Gasteiger partial charge in [-0.1, -0.05) is 30.3 Å². The van der Waals surface area contributed by atoms with Crippen LogP contribution in [0.2, 0.25) is 0 Å². The van der Waals surface area contributed by atoms with E-state index < -0.39 is 0 Å². The molecule has 1 aliphatic rings. The largest absolute Gasteiger partial charge is 0.376 e. The van der Waals surface area contributed by atoms with Gasteiger partial charge in [0.2, 0.25) is 5.91 Å². The summed E-state index contributed by atoms with van der Waals surface area (Å²) in [5.41, 5.74) is 1.20. The van der Waals surface area contributed by atoms with Gasteiger partial charge in [-0.05, 0) is 18.4 Å². The molecule has 1 aromatic rings. The Kier molecular flexibility index (Phi) is 9.81. The van der Waals surface area contributed by atoms with Crippen molar-refractivity contribution in [2.45, 2.75) is 25.5 Å². The SMILES string of the molecule is CN(C)C(=O)CN=C(NCC1CCCO1)N(C)Cc1ccccc1.I. The molecule has 0 spiro atoms. The molecule has 140 valence electrons. The van der Waals surface area contributed by atoms with E-state index in [9.17, 15) is 4.79 Å². The summed E-state index contributed by atoms with van der Waals surface area (Å²) < 4.78 is 5.65. The average Bonchev–Trinajstić information content (AvgIpc) is 3.08. The molecular weight excluding hydrogens is 431 g/mol. The van der Waals surface area contributed by atoms with Crippen molar-refractivity contribution in [1.82, 2.24) is 15.1 Å². The Hall–Kier alpha value is -1.35. The number of rotatable bonds is 6. The summed E-state index contributed by atoms with van der Waals surface area (Å²) in [4.78, 5) is 19.9. The van der Waals surface area contributed by atoms with Gasteiger partial charge in [0.15, 0.2) is 5.96 Å². The maximum atomic E-state index is 11.8. The lowest BCUT2D eigenvalue weighted by atomic mass is 10.2. The molecule has 0 radical (unpaired) electrons. The molecule has 1 N–H and O–H groups in total. The van der Waals surface area contributed by atoms with Crippen molar-refractivity contribution in [1.29, 1.82) is 0 Å². The van der Waals surface area contributed by atoms with E-state index in [2.05, 4.69) is 22.4 Å². The molecule has 2 rings (SSSR count). The van der Waals surface area contributed by atoms with Gasteiger partial charge in [-0.15, -0.1) is 24.0 Å². The highest BCUT2D eigenvalue weighted by Crippen LogP contribution is 2.11. The fourth-order valence-electron chi connectivity index (χ4n) is 2.54. The van der Waals surface area contributed by atoms with Gasteiger partial charge in [-0.3, -0.25) is 4.79 Å². The first-order valence-corrected chi connectivity index (χ1v) is 8.41. The van der Waals surface area contributed by atoms with Crippen molar-refractivity contribution in [3.05, 3.63) is 35.9 Å². The predicted octanol–water partition coefficient (Wildman–Crippen LogP) is 1.95. The molecule has 0 aromatic heterocycles. The van der Waals surface area contributed by atoms with Crippen LogP contribution in [0.5, 0.6) is 0 Å². The third kappa shape index (κ3) is 7.60. The second-order valence-corrected chi connectivity index (χ2v) is 6.29. The summed E-state index contributed by atoms with van der Waals surface area (Å²) in [6.45, 7) is 2.42. The predicted molar refractivity (Wildman–Crippen MR) is 111 cm³/mol. The van der Waals surface area contributed by atoms with E-state index in [1.165, 1.54) is 5.56 Å². The van der Waals surface area contributed by atoms with Gasteiger partial charge >= 0.3 is 0 Å². The minimum atomic E-state index is -0.0143. The lowest BCUT2D eigenvalue weighted by Crippen LogP contribution is -2.42. The molecule has 6 nitrogen and oxygen atoms in total. The minimum Gasteiger partial charge on any atom is -0.376 e. The van der Waals surface area contributed by atoms with Crippen LogP contribution in [0.1, 0.15) is 18.4 Å². The van der Waals surface area contributed by atoms with E-state index in [1.807, 2.05) is 30.1 Å². The molecule has 1 saturated heterocycles. The number of carbonyl (C=O) groups excluding carboxylic acids is 1. The summed E-state index contributed by atoms with van der Waals surface area (Å²) in [6, 6.07) is 10.2. The zero-order chi connectivity index (χ0) is 17.4. The number of nitrogens with zero attached hydrogens (tertiary/aromatic N) is 3. The van der Waals surface area contributed by atoms with Crippen LogP contribution >= 0.6 is 24.0 Å². The van der Waals surface area contributed by atoms with Crippen molar-refractivity contribution < 1.29 is 9.53 Å². The highest BCUT2D eigenvalue weighted by atomic mass is 127. The van der Waals surface area contributed by atoms with Crippen LogP contribution in [0, 0.1) is 0 Å². The number of guanidine groups is 1. The zero-order valence-corrected chi connectivity index (χ0v) is 17.6. The van der Waals surface area contributed by atoms with Gasteiger partial charge in [0.25, 0.3) is 0 Å². The van der Waals surface area contributed by atoms with Crippen molar-refractivity contribution in [2.24, 2.45) is 4.99 Å². The molecule has 1 fully saturated rings. The standard InChI is InChI=1S/C18H28N4O2.HI/c1-21(2)17(23)13-20-18(19-12-16-10-7-11-24-16)22(3)14-15-8-5-4-6-9-15;/h4-6,8-9,16H,7,10-14H2,1-3H3,(H,19,20);1H. The Morgan fingerprint density at radius 2 is 2.00 bits per heavy atom. The number of ether oxygens (including phenoxy) is 1. The molecule has 1 amide bonds. The van der Waals surface area contributed by atoms with Gasteiger partial charge in [-0.2, -0.15) is 0 Å². The number of aliphatic imine (C=N–C) groups is 1. The van der Waals surface area contributed by atoms with E-state index in [-0.39, 0.29) is 42.5 Å². The van der Waals surface area contributed by atoms with Gasteiger partial charge in [0.05, 0.1) is 6.10 Å². The number of likely N-dealkylation sites (N-methyl/N-ethyl adjacent to an activating group) is 1. The molecule has 7 heteroatoms.